The van der Waals surface area contributed by atoms with Crippen LogP contribution < -0.4 is 15.6 Å². The third-order valence-corrected chi connectivity index (χ3v) is 6.03. The van der Waals surface area contributed by atoms with Crippen molar-refractivity contribution in [1.82, 2.24) is 10.3 Å². The normalized spacial score (nSPS) is 11.6. The van der Waals surface area contributed by atoms with Crippen molar-refractivity contribution in [2.45, 2.75) is 31.1 Å². The van der Waals surface area contributed by atoms with Gasteiger partial charge in [0.15, 0.2) is 0 Å². The summed E-state index contributed by atoms with van der Waals surface area (Å²) in [6.07, 6.45) is 0. The third-order valence-electron chi connectivity index (χ3n) is 4.77. The smallest absolute Gasteiger partial charge is 0.266 e. The number of carbonyl (C=O) groups is 2. The number of benzene rings is 3. The number of hydrogen-bond donors (Lipinski definition) is 3. The second-order valence-corrected chi connectivity index (χ2v) is 9.91. The number of amides is 2. The fourth-order valence-electron chi connectivity index (χ4n) is 2.87. The zero-order valence-corrected chi connectivity index (χ0v) is 18.9. The van der Waals surface area contributed by atoms with E-state index in [4.69, 9.17) is 0 Å². The maximum atomic E-state index is 12.5. The predicted molar refractivity (Wildman–Crippen MR) is 124 cm³/mol. The minimum Gasteiger partial charge on any atom is -0.322 e. The Morgan fingerprint density at radius 1 is 0.719 bits per heavy atom. The van der Waals surface area contributed by atoms with Crippen LogP contribution in [0, 0.1) is 0 Å². The molecule has 0 heterocycles. The summed E-state index contributed by atoms with van der Waals surface area (Å²) in [5.41, 5.74) is 4.57. The van der Waals surface area contributed by atoms with Crippen LogP contribution in [0.2, 0.25) is 0 Å². The van der Waals surface area contributed by atoms with Crippen LogP contribution in [-0.4, -0.2) is 20.2 Å². The number of sulfonamides is 1. The highest BCUT2D eigenvalue weighted by Gasteiger charge is 2.16. The van der Waals surface area contributed by atoms with Crippen molar-refractivity contribution in [3.8, 4) is 0 Å². The summed E-state index contributed by atoms with van der Waals surface area (Å²) < 4.78 is 24.4. The number of carbonyl (C=O) groups excluding carboxylic acids is 2. The minimum absolute atomic E-state index is 0.000690. The molecule has 32 heavy (non-hydrogen) atoms. The van der Waals surface area contributed by atoms with Crippen molar-refractivity contribution < 1.29 is 18.0 Å². The van der Waals surface area contributed by atoms with Crippen molar-refractivity contribution in [3.05, 3.63) is 95.6 Å². The van der Waals surface area contributed by atoms with Gasteiger partial charge in [0.2, 0.25) is 0 Å². The third kappa shape index (κ3) is 5.81. The summed E-state index contributed by atoms with van der Waals surface area (Å²) in [5, 5.41) is 2.78. The zero-order valence-electron chi connectivity index (χ0n) is 18.0. The molecule has 0 radical (unpaired) electrons. The molecule has 3 aromatic rings. The van der Waals surface area contributed by atoms with Crippen LogP contribution >= 0.6 is 0 Å². The molecule has 0 bridgehead atoms. The SMILES string of the molecule is CC(C)(C)c1ccc(C(=O)Nc2ccc(C(=O)NNS(=O)(=O)c3ccccc3)cc2)cc1. The number of hydrazine groups is 1. The van der Waals surface area contributed by atoms with Gasteiger partial charge in [-0.25, -0.2) is 8.42 Å². The lowest BCUT2D eigenvalue weighted by Gasteiger charge is -2.19. The standard InChI is InChI=1S/C24H25N3O4S/c1-24(2,3)19-13-9-17(10-14-19)22(28)25-20-15-11-18(12-16-20)23(29)26-27-32(30,31)21-7-5-4-6-8-21/h4-16,27H,1-3H3,(H,25,28)(H,26,29). The average Bonchev–Trinajstić information content (AvgIpc) is 2.78. The Bertz CT molecular complexity index is 1200. The van der Waals surface area contributed by atoms with Crippen molar-refractivity contribution in [2.75, 3.05) is 5.32 Å². The molecule has 0 aromatic heterocycles. The van der Waals surface area contributed by atoms with Gasteiger partial charge in [-0.3, -0.25) is 15.0 Å². The predicted octanol–water partition coefficient (Wildman–Crippen LogP) is 3.86. The molecule has 0 fully saturated rings. The highest BCUT2D eigenvalue weighted by Crippen LogP contribution is 2.22. The molecule has 0 saturated heterocycles. The summed E-state index contributed by atoms with van der Waals surface area (Å²) in [6.45, 7) is 6.31. The van der Waals surface area contributed by atoms with E-state index in [-0.39, 0.29) is 21.8 Å². The first kappa shape index (κ1) is 23.2. The Balaban J connectivity index is 1.59. The maximum Gasteiger partial charge on any atom is 0.266 e. The molecule has 0 saturated carbocycles. The van der Waals surface area contributed by atoms with Crippen molar-refractivity contribution in [3.63, 3.8) is 0 Å². The fourth-order valence-corrected chi connectivity index (χ4v) is 3.73. The van der Waals surface area contributed by atoms with Gasteiger partial charge in [0, 0.05) is 16.8 Å². The van der Waals surface area contributed by atoms with Gasteiger partial charge in [-0.15, -0.1) is 4.83 Å². The van der Waals surface area contributed by atoms with Gasteiger partial charge in [-0.05, 0) is 59.5 Å². The lowest BCUT2D eigenvalue weighted by Crippen LogP contribution is -2.41. The van der Waals surface area contributed by atoms with Crippen LogP contribution in [0.15, 0.2) is 83.8 Å². The van der Waals surface area contributed by atoms with Crippen LogP contribution in [0.1, 0.15) is 47.1 Å². The van der Waals surface area contributed by atoms with Crippen LogP contribution in [0.5, 0.6) is 0 Å². The molecular weight excluding hydrogens is 426 g/mol. The molecule has 3 rings (SSSR count). The number of nitrogens with one attached hydrogen (secondary N) is 3. The molecule has 3 aromatic carbocycles. The highest BCUT2D eigenvalue weighted by atomic mass is 32.2. The maximum absolute atomic E-state index is 12.5. The Kier molecular flexibility index (Phi) is 6.76. The molecule has 2 amide bonds. The van der Waals surface area contributed by atoms with E-state index in [1.807, 2.05) is 12.1 Å². The first-order chi connectivity index (χ1) is 15.1. The lowest BCUT2D eigenvalue weighted by atomic mass is 9.87. The van der Waals surface area contributed by atoms with Gasteiger partial charge >= 0.3 is 0 Å². The fraction of sp³-hybridized carbons (Fsp3) is 0.167. The van der Waals surface area contributed by atoms with Gasteiger partial charge in [-0.2, -0.15) is 0 Å². The van der Waals surface area contributed by atoms with E-state index in [9.17, 15) is 18.0 Å². The van der Waals surface area contributed by atoms with Crippen LogP contribution in [-0.2, 0) is 15.4 Å². The summed E-state index contributed by atoms with van der Waals surface area (Å²) in [7, 11) is -3.87. The minimum atomic E-state index is -3.87. The summed E-state index contributed by atoms with van der Waals surface area (Å²) in [6, 6.07) is 21.2. The first-order valence-electron chi connectivity index (χ1n) is 9.95. The van der Waals surface area contributed by atoms with Gasteiger partial charge in [-0.1, -0.05) is 51.1 Å². The van der Waals surface area contributed by atoms with Gasteiger partial charge in [0.25, 0.3) is 21.8 Å². The lowest BCUT2D eigenvalue weighted by molar-refractivity contribution is 0.0944. The Morgan fingerprint density at radius 2 is 1.25 bits per heavy atom. The van der Waals surface area contributed by atoms with E-state index in [1.54, 1.807) is 42.5 Å². The van der Waals surface area contributed by atoms with Crippen LogP contribution in [0.3, 0.4) is 0 Å². The monoisotopic (exact) mass is 451 g/mol. The Hall–Kier alpha value is -3.49. The van der Waals surface area contributed by atoms with Gasteiger partial charge in [0.05, 0.1) is 4.90 Å². The molecule has 0 spiro atoms. The Labute approximate surface area is 187 Å². The molecule has 0 aliphatic carbocycles. The molecule has 8 heteroatoms. The van der Waals surface area contributed by atoms with E-state index < -0.39 is 15.9 Å². The van der Waals surface area contributed by atoms with Crippen molar-refractivity contribution in [1.29, 1.82) is 0 Å². The van der Waals surface area contributed by atoms with E-state index in [1.165, 1.54) is 24.3 Å². The molecule has 0 atom stereocenters. The van der Waals surface area contributed by atoms with E-state index in [0.29, 0.717) is 11.3 Å². The van der Waals surface area contributed by atoms with Crippen molar-refractivity contribution >= 4 is 27.5 Å². The van der Waals surface area contributed by atoms with Gasteiger partial charge < -0.3 is 5.32 Å². The first-order valence-corrected chi connectivity index (χ1v) is 11.4. The average molecular weight is 452 g/mol. The molecule has 166 valence electrons. The zero-order chi connectivity index (χ0) is 23.4. The molecule has 3 N–H and O–H groups in total. The van der Waals surface area contributed by atoms with Crippen LogP contribution in [0.25, 0.3) is 0 Å². The second-order valence-electron chi connectivity index (χ2n) is 8.23. The Morgan fingerprint density at radius 3 is 1.81 bits per heavy atom. The summed E-state index contributed by atoms with van der Waals surface area (Å²) >= 11 is 0. The second kappa shape index (κ2) is 9.33. The molecular formula is C24H25N3O4S. The number of anilines is 1. The van der Waals surface area contributed by atoms with E-state index in [0.717, 1.165) is 5.56 Å². The summed E-state index contributed by atoms with van der Waals surface area (Å²) in [4.78, 5) is 26.8. The molecule has 0 aliphatic rings. The largest absolute Gasteiger partial charge is 0.322 e. The highest BCUT2D eigenvalue weighted by molar-refractivity contribution is 7.89. The topological polar surface area (TPSA) is 104 Å². The number of rotatable bonds is 6. The van der Waals surface area contributed by atoms with E-state index in [2.05, 4.69) is 36.3 Å². The molecule has 7 nitrogen and oxygen atoms in total. The number of hydrogen-bond acceptors (Lipinski definition) is 4. The quantitative estimate of drug-likeness (QED) is 0.495. The molecule has 0 aliphatic heterocycles. The van der Waals surface area contributed by atoms with Crippen molar-refractivity contribution in [2.24, 2.45) is 0 Å². The molecule has 0 unspecified atom stereocenters. The van der Waals surface area contributed by atoms with Crippen LogP contribution in [0.4, 0.5) is 5.69 Å². The van der Waals surface area contributed by atoms with E-state index >= 15 is 0 Å². The summed E-state index contributed by atoms with van der Waals surface area (Å²) in [5.74, 6) is -0.890. The van der Waals surface area contributed by atoms with Gasteiger partial charge in [0.1, 0.15) is 0 Å².